The van der Waals surface area contributed by atoms with Crippen molar-refractivity contribution in [1.29, 1.82) is 0 Å². The van der Waals surface area contributed by atoms with Gasteiger partial charge in [0.1, 0.15) is 23.4 Å². The minimum Gasteiger partial charge on any atom is -0.438 e. The molecule has 2 heterocycles. The molecule has 0 saturated carbocycles. The summed E-state index contributed by atoms with van der Waals surface area (Å²) in [5.74, 6) is 1.97. The SMILES string of the molecule is CC[NH+](CC)Cc1nc(Oc2cccc(C=O)c2)c2c(C)c(C)sc2n1. The minimum atomic E-state index is 0.571. The molecule has 0 spiro atoms. The standard InChI is InChI=1S/C20H23N3O2S/c1-5-23(6-2)11-17-21-19(18-13(3)14(4)26-20(18)22-17)25-16-9-7-8-15(10-16)12-24/h7-10,12H,5-6,11H2,1-4H3/p+1. The molecule has 0 unspecified atom stereocenters. The zero-order valence-electron chi connectivity index (χ0n) is 15.6. The number of aldehydes is 1. The van der Waals surface area contributed by atoms with Crippen molar-refractivity contribution in [3.05, 3.63) is 46.1 Å². The van der Waals surface area contributed by atoms with Crippen LogP contribution in [0, 0.1) is 13.8 Å². The molecule has 1 N–H and O–H groups in total. The number of hydrogen-bond donors (Lipinski definition) is 1. The topological polar surface area (TPSA) is 56.5 Å². The molecule has 0 aliphatic carbocycles. The lowest BCUT2D eigenvalue weighted by atomic mass is 10.2. The van der Waals surface area contributed by atoms with Gasteiger partial charge in [-0.15, -0.1) is 11.3 Å². The molecular weight excluding hydrogens is 346 g/mol. The van der Waals surface area contributed by atoms with Crippen LogP contribution in [0.15, 0.2) is 24.3 Å². The highest BCUT2D eigenvalue weighted by molar-refractivity contribution is 7.18. The number of ether oxygens (including phenoxy) is 1. The Balaban J connectivity index is 2.06. The van der Waals surface area contributed by atoms with Crippen molar-refractivity contribution >= 4 is 27.8 Å². The van der Waals surface area contributed by atoms with Crippen molar-refractivity contribution in [3.63, 3.8) is 0 Å². The Morgan fingerprint density at radius 2 is 1.96 bits per heavy atom. The van der Waals surface area contributed by atoms with Crippen LogP contribution in [0.3, 0.4) is 0 Å². The van der Waals surface area contributed by atoms with Gasteiger partial charge in [0.2, 0.25) is 5.88 Å². The van der Waals surface area contributed by atoms with Crippen LogP contribution in [0.2, 0.25) is 0 Å². The highest BCUT2D eigenvalue weighted by Crippen LogP contribution is 2.36. The molecule has 26 heavy (non-hydrogen) atoms. The molecule has 3 rings (SSSR count). The molecule has 2 aromatic heterocycles. The molecule has 1 aromatic carbocycles. The van der Waals surface area contributed by atoms with Gasteiger partial charge < -0.3 is 9.64 Å². The van der Waals surface area contributed by atoms with E-state index in [4.69, 9.17) is 14.7 Å². The largest absolute Gasteiger partial charge is 0.438 e. The number of thiophene rings is 1. The van der Waals surface area contributed by atoms with Gasteiger partial charge in [-0.05, 0) is 45.4 Å². The maximum atomic E-state index is 11.0. The van der Waals surface area contributed by atoms with Crippen molar-refractivity contribution in [2.24, 2.45) is 0 Å². The van der Waals surface area contributed by atoms with Gasteiger partial charge in [-0.25, -0.2) is 4.98 Å². The number of carbonyl (C=O) groups is 1. The van der Waals surface area contributed by atoms with E-state index in [0.29, 0.717) is 17.2 Å². The molecule has 0 radical (unpaired) electrons. The van der Waals surface area contributed by atoms with E-state index in [0.717, 1.165) is 47.5 Å². The highest BCUT2D eigenvalue weighted by atomic mass is 32.1. The van der Waals surface area contributed by atoms with Crippen LogP contribution < -0.4 is 9.64 Å². The monoisotopic (exact) mass is 370 g/mol. The Kier molecular flexibility index (Phi) is 5.64. The fraction of sp³-hybridized carbons (Fsp3) is 0.350. The summed E-state index contributed by atoms with van der Waals surface area (Å²) in [5.41, 5.74) is 1.73. The fourth-order valence-electron chi connectivity index (χ4n) is 2.89. The Morgan fingerprint density at radius 3 is 2.65 bits per heavy atom. The predicted molar refractivity (Wildman–Crippen MR) is 105 cm³/mol. The number of fused-ring (bicyclic) bond motifs is 1. The van der Waals surface area contributed by atoms with E-state index in [-0.39, 0.29) is 0 Å². The second-order valence-electron chi connectivity index (χ2n) is 6.33. The molecule has 0 fully saturated rings. The minimum absolute atomic E-state index is 0.571. The van der Waals surface area contributed by atoms with Gasteiger partial charge in [0.05, 0.1) is 18.5 Å². The first-order valence-electron chi connectivity index (χ1n) is 8.89. The third kappa shape index (κ3) is 3.76. The number of aryl methyl sites for hydroxylation is 2. The summed E-state index contributed by atoms with van der Waals surface area (Å²) in [6, 6.07) is 7.13. The average Bonchev–Trinajstić information content (AvgIpc) is 2.94. The van der Waals surface area contributed by atoms with E-state index in [9.17, 15) is 4.79 Å². The van der Waals surface area contributed by atoms with Gasteiger partial charge in [0.25, 0.3) is 0 Å². The number of carbonyl (C=O) groups excluding carboxylic acids is 1. The number of hydrogen-bond acceptors (Lipinski definition) is 5. The van der Waals surface area contributed by atoms with Gasteiger partial charge >= 0.3 is 0 Å². The van der Waals surface area contributed by atoms with Crippen LogP contribution in [0.4, 0.5) is 0 Å². The van der Waals surface area contributed by atoms with Crippen LogP contribution in [-0.2, 0) is 6.54 Å². The van der Waals surface area contributed by atoms with Crippen LogP contribution >= 0.6 is 11.3 Å². The van der Waals surface area contributed by atoms with Crippen LogP contribution in [0.1, 0.15) is 40.5 Å². The number of benzene rings is 1. The van der Waals surface area contributed by atoms with E-state index in [1.54, 1.807) is 23.5 Å². The lowest BCUT2D eigenvalue weighted by Gasteiger charge is -2.15. The van der Waals surface area contributed by atoms with Gasteiger partial charge in [-0.3, -0.25) is 4.79 Å². The summed E-state index contributed by atoms with van der Waals surface area (Å²) < 4.78 is 6.11. The normalized spacial score (nSPS) is 11.3. The zero-order valence-corrected chi connectivity index (χ0v) is 16.4. The summed E-state index contributed by atoms with van der Waals surface area (Å²) in [6.07, 6.45) is 0.817. The van der Waals surface area contributed by atoms with Crippen molar-refractivity contribution in [2.45, 2.75) is 34.2 Å². The van der Waals surface area contributed by atoms with E-state index >= 15 is 0 Å². The van der Waals surface area contributed by atoms with Crippen molar-refractivity contribution in [2.75, 3.05) is 13.1 Å². The number of nitrogens with zero attached hydrogens (tertiary/aromatic N) is 2. The molecule has 0 amide bonds. The molecule has 0 atom stereocenters. The second kappa shape index (κ2) is 7.93. The lowest BCUT2D eigenvalue weighted by molar-refractivity contribution is -0.910. The van der Waals surface area contributed by atoms with Crippen LogP contribution in [0.25, 0.3) is 10.2 Å². The third-order valence-corrected chi connectivity index (χ3v) is 5.76. The maximum Gasteiger partial charge on any atom is 0.231 e. The van der Waals surface area contributed by atoms with Crippen molar-refractivity contribution < 1.29 is 14.4 Å². The molecular formula is C20H24N3O2S+. The molecule has 136 valence electrons. The first kappa shape index (κ1) is 18.5. The number of rotatable bonds is 7. The molecule has 0 saturated heterocycles. The Labute approximate surface area is 157 Å². The molecule has 0 aliphatic rings. The van der Waals surface area contributed by atoms with E-state index in [1.807, 2.05) is 12.1 Å². The van der Waals surface area contributed by atoms with Crippen molar-refractivity contribution in [1.82, 2.24) is 9.97 Å². The van der Waals surface area contributed by atoms with E-state index in [1.165, 1.54) is 9.78 Å². The van der Waals surface area contributed by atoms with Gasteiger partial charge in [0.15, 0.2) is 5.82 Å². The van der Waals surface area contributed by atoms with Crippen molar-refractivity contribution in [3.8, 4) is 11.6 Å². The molecule has 0 bridgehead atoms. The number of nitrogens with one attached hydrogen (secondary N) is 1. The van der Waals surface area contributed by atoms with Gasteiger partial charge in [0, 0.05) is 10.4 Å². The predicted octanol–water partition coefficient (Wildman–Crippen LogP) is 3.34. The number of aromatic nitrogens is 2. The summed E-state index contributed by atoms with van der Waals surface area (Å²) in [7, 11) is 0. The summed E-state index contributed by atoms with van der Waals surface area (Å²) in [4.78, 5) is 24.1. The molecule has 5 nitrogen and oxygen atoms in total. The Morgan fingerprint density at radius 1 is 1.19 bits per heavy atom. The molecule has 6 heteroatoms. The summed E-state index contributed by atoms with van der Waals surface area (Å²) >= 11 is 1.67. The molecule has 0 aliphatic heterocycles. The summed E-state index contributed by atoms with van der Waals surface area (Å²) in [5, 5.41) is 0.960. The lowest BCUT2D eigenvalue weighted by Crippen LogP contribution is -3.10. The zero-order chi connectivity index (χ0) is 18.7. The highest BCUT2D eigenvalue weighted by Gasteiger charge is 2.18. The molecule has 3 aromatic rings. The van der Waals surface area contributed by atoms with Gasteiger partial charge in [-0.1, -0.05) is 12.1 Å². The van der Waals surface area contributed by atoms with Gasteiger partial charge in [-0.2, -0.15) is 4.98 Å². The first-order chi connectivity index (χ1) is 12.5. The Hall–Kier alpha value is -2.31. The average molecular weight is 370 g/mol. The Bertz CT molecular complexity index is 932. The van der Waals surface area contributed by atoms with Crippen LogP contribution in [-0.4, -0.2) is 29.3 Å². The van der Waals surface area contributed by atoms with E-state index < -0.39 is 0 Å². The summed E-state index contributed by atoms with van der Waals surface area (Å²) in [6.45, 7) is 11.3. The first-order valence-corrected chi connectivity index (χ1v) is 9.70. The number of quaternary nitrogens is 1. The van der Waals surface area contributed by atoms with Crippen LogP contribution in [0.5, 0.6) is 11.6 Å². The second-order valence-corrected chi connectivity index (χ2v) is 7.54. The maximum absolute atomic E-state index is 11.0. The smallest absolute Gasteiger partial charge is 0.231 e. The van der Waals surface area contributed by atoms with E-state index in [2.05, 4.69) is 27.7 Å². The third-order valence-electron chi connectivity index (χ3n) is 4.66. The fourth-order valence-corrected chi connectivity index (χ4v) is 3.93. The quantitative estimate of drug-likeness (QED) is 0.648.